The molecule has 1 aromatic carbocycles. The van der Waals surface area contributed by atoms with Gasteiger partial charge >= 0.3 is 0 Å². The molecule has 1 heterocycles. The highest BCUT2D eigenvalue weighted by Gasteiger charge is 2.07. The van der Waals surface area contributed by atoms with Crippen molar-refractivity contribution in [1.82, 2.24) is 0 Å². The van der Waals surface area contributed by atoms with Gasteiger partial charge in [-0.25, -0.2) is 0 Å². The Morgan fingerprint density at radius 3 is 1.94 bits per heavy atom. The van der Waals surface area contributed by atoms with Crippen LogP contribution in [0.5, 0.6) is 0 Å². The first-order valence-electron chi connectivity index (χ1n) is 6.00. The van der Waals surface area contributed by atoms with E-state index in [0.717, 1.165) is 11.1 Å². The van der Waals surface area contributed by atoms with Gasteiger partial charge in [0, 0.05) is 16.5 Å². The highest BCUT2D eigenvalue weighted by Crippen LogP contribution is 2.12. The van der Waals surface area contributed by atoms with Gasteiger partial charge < -0.3 is 0 Å². The van der Waals surface area contributed by atoms with Gasteiger partial charge in [-0.3, -0.25) is 4.79 Å². The van der Waals surface area contributed by atoms with Crippen molar-refractivity contribution in [2.45, 2.75) is 27.7 Å². The van der Waals surface area contributed by atoms with Crippen LogP contribution in [-0.4, -0.2) is 5.78 Å². The summed E-state index contributed by atoms with van der Waals surface area (Å²) >= 11 is 1.54. The fourth-order valence-electron chi connectivity index (χ4n) is 1.15. The fourth-order valence-corrected chi connectivity index (χ4v) is 1.79. The van der Waals surface area contributed by atoms with Gasteiger partial charge in [-0.2, -0.15) is 11.3 Å². The van der Waals surface area contributed by atoms with Crippen molar-refractivity contribution in [3.8, 4) is 0 Å². The van der Waals surface area contributed by atoms with Crippen LogP contribution < -0.4 is 0 Å². The molecule has 2 rings (SSSR count). The van der Waals surface area contributed by atoms with Gasteiger partial charge in [-0.15, -0.1) is 0 Å². The van der Waals surface area contributed by atoms with E-state index in [4.69, 9.17) is 0 Å². The minimum Gasteiger partial charge on any atom is -0.289 e. The SMILES string of the molecule is CC.CC.O=C(c1ccccc1)c1ccsc1. The molecule has 2 heteroatoms. The lowest BCUT2D eigenvalue weighted by molar-refractivity contribution is 0.103. The Balaban J connectivity index is 0.000000581. The van der Waals surface area contributed by atoms with E-state index in [2.05, 4.69) is 0 Å². The van der Waals surface area contributed by atoms with Crippen LogP contribution in [0.25, 0.3) is 0 Å². The van der Waals surface area contributed by atoms with Gasteiger partial charge in [0.2, 0.25) is 0 Å². The van der Waals surface area contributed by atoms with E-state index < -0.39 is 0 Å². The summed E-state index contributed by atoms with van der Waals surface area (Å²) in [5.41, 5.74) is 1.53. The average molecular weight is 248 g/mol. The largest absolute Gasteiger partial charge is 0.289 e. The molecule has 0 bridgehead atoms. The van der Waals surface area contributed by atoms with Crippen molar-refractivity contribution in [1.29, 1.82) is 0 Å². The third kappa shape index (κ3) is 4.96. The summed E-state index contributed by atoms with van der Waals surface area (Å²) in [6.07, 6.45) is 0. The number of hydrogen-bond donors (Lipinski definition) is 0. The number of ketones is 1. The average Bonchev–Trinajstić information content (AvgIpc) is 2.97. The number of carbonyl (C=O) groups is 1. The van der Waals surface area contributed by atoms with Crippen LogP contribution in [0.3, 0.4) is 0 Å². The lowest BCUT2D eigenvalue weighted by atomic mass is 10.1. The maximum absolute atomic E-state index is 11.7. The van der Waals surface area contributed by atoms with Gasteiger partial charge in [-0.1, -0.05) is 58.0 Å². The van der Waals surface area contributed by atoms with Crippen LogP contribution in [0.15, 0.2) is 47.2 Å². The Morgan fingerprint density at radius 1 is 0.882 bits per heavy atom. The van der Waals surface area contributed by atoms with E-state index in [1.54, 1.807) is 11.3 Å². The van der Waals surface area contributed by atoms with E-state index in [-0.39, 0.29) is 5.78 Å². The number of thiophene rings is 1. The first kappa shape index (κ1) is 15.6. The molecule has 92 valence electrons. The predicted molar refractivity (Wildman–Crippen MR) is 76.9 cm³/mol. The smallest absolute Gasteiger partial charge is 0.193 e. The maximum Gasteiger partial charge on any atom is 0.193 e. The molecule has 0 saturated heterocycles. The molecule has 0 spiro atoms. The van der Waals surface area contributed by atoms with Gasteiger partial charge in [0.05, 0.1) is 0 Å². The summed E-state index contributed by atoms with van der Waals surface area (Å²) in [5.74, 6) is 0.0989. The highest BCUT2D eigenvalue weighted by molar-refractivity contribution is 7.08. The molecule has 2 aromatic rings. The molecule has 0 atom stereocenters. The van der Waals surface area contributed by atoms with Gasteiger partial charge in [0.25, 0.3) is 0 Å². The Bertz CT molecular complexity index is 390. The van der Waals surface area contributed by atoms with E-state index in [1.807, 2.05) is 74.9 Å². The number of benzene rings is 1. The van der Waals surface area contributed by atoms with E-state index >= 15 is 0 Å². The van der Waals surface area contributed by atoms with Gasteiger partial charge in [-0.05, 0) is 11.4 Å². The second kappa shape index (κ2) is 9.79. The zero-order valence-corrected chi connectivity index (χ0v) is 11.8. The Kier molecular flexibility index (Phi) is 8.98. The maximum atomic E-state index is 11.7. The number of rotatable bonds is 2. The summed E-state index contributed by atoms with van der Waals surface area (Å²) < 4.78 is 0. The third-order valence-corrected chi connectivity index (χ3v) is 2.50. The van der Waals surface area contributed by atoms with Crippen molar-refractivity contribution >= 4 is 17.1 Å². The zero-order chi connectivity index (χ0) is 13.1. The molecule has 0 amide bonds. The van der Waals surface area contributed by atoms with Crippen LogP contribution in [-0.2, 0) is 0 Å². The Labute approximate surface area is 108 Å². The summed E-state index contributed by atoms with van der Waals surface area (Å²) in [5, 5.41) is 3.78. The van der Waals surface area contributed by atoms with Crippen molar-refractivity contribution in [3.05, 3.63) is 58.3 Å². The van der Waals surface area contributed by atoms with Crippen molar-refractivity contribution < 1.29 is 4.79 Å². The second-order valence-electron chi connectivity index (χ2n) is 2.71. The molecular formula is C15H20OS. The lowest BCUT2D eigenvalue weighted by Gasteiger charge is -1.95. The molecule has 0 N–H and O–H groups in total. The molecule has 0 aliphatic heterocycles. The summed E-state index contributed by atoms with van der Waals surface area (Å²) in [7, 11) is 0. The van der Waals surface area contributed by atoms with Crippen LogP contribution >= 0.6 is 11.3 Å². The first-order chi connectivity index (χ1) is 8.38. The summed E-state index contributed by atoms with van der Waals surface area (Å²) in [6, 6.07) is 11.2. The molecule has 0 saturated carbocycles. The monoisotopic (exact) mass is 248 g/mol. The topological polar surface area (TPSA) is 17.1 Å². The molecule has 0 fully saturated rings. The van der Waals surface area contributed by atoms with E-state index in [1.165, 1.54) is 0 Å². The quantitative estimate of drug-likeness (QED) is 0.681. The van der Waals surface area contributed by atoms with E-state index in [9.17, 15) is 4.79 Å². The molecule has 0 aliphatic rings. The van der Waals surface area contributed by atoms with Gasteiger partial charge in [0.1, 0.15) is 0 Å². The molecule has 0 unspecified atom stereocenters. The second-order valence-corrected chi connectivity index (χ2v) is 3.49. The standard InChI is InChI=1S/C11H8OS.2C2H6/c12-11(10-6-7-13-8-10)9-4-2-1-3-5-9;2*1-2/h1-8H;2*1-2H3. The summed E-state index contributed by atoms with van der Waals surface area (Å²) in [4.78, 5) is 11.7. The lowest BCUT2D eigenvalue weighted by Crippen LogP contribution is -1.98. The van der Waals surface area contributed by atoms with Crippen LogP contribution in [0.4, 0.5) is 0 Å². The normalized spacial score (nSPS) is 8.24. The minimum absolute atomic E-state index is 0.0989. The summed E-state index contributed by atoms with van der Waals surface area (Å²) in [6.45, 7) is 8.00. The number of hydrogen-bond acceptors (Lipinski definition) is 2. The first-order valence-corrected chi connectivity index (χ1v) is 6.94. The molecule has 0 radical (unpaired) electrons. The third-order valence-electron chi connectivity index (χ3n) is 1.82. The fraction of sp³-hybridized carbons (Fsp3) is 0.267. The minimum atomic E-state index is 0.0989. The molecular weight excluding hydrogens is 228 g/mol. The van der Waals surface area contributed by atoms with Gasteiger partial charge in [0.15, 0.2) is 5.78 Å². The van der Waals surface area contributed by atoms with Crippen LogP contribution in [0.1, 0.15) is 43.6 Å². The van der Waals surface area contributed by atoms with Crippen molar-refractivity contribution in [3.63, 3.8) is 0 Å². The van der Waals surface area contributed by atoms with Crippen LogP contribution in [0, 0.1) is 0 Å². The molecule has 17 heavy (non-hydrogen) atoms. The molecule has 0 aliphatic carbocycles. The Morgan fingerprint density at radius 2 is 1.47 bits per heavy atom. The predicted octanol–water partition coefficient (Wildman–Crippen LogP) is 5.03. The Hall–Kier alpha value is -1.41. The number of carbonyl (C=O) groups excluding carboxylic acids is 1. The van der Waals surface area contributed by atoms with E-state index in [0.29, 0.717) is 0 Å². The van der Waals surface area contributed by atoms with Crippen molar-refractivity contribution in [2.75, 3.05) is 0 Å². The van der Waals surface area contributed by atoms with Crippen molar-refractivity contribution in [2.24, 2.45) is 0 Å². The zero-order valence-electron chi connectivity index (χ0n) is 10.9. The molecule has 1 aromatic heterocycles. The van der Waals surface area contributed by atoms with Crippen LogP contribution in [0.2, 0.25) is 0 Å². The highest BCUT2D eigenvalue weighted by atomic mass is 32.1. The molecule has 1 nitrogen and oxygen atoms in total.